The molecule has 0 radical (unpaired) electrons. The molecule has 0 N–H and O–H groups in total. The standard InChI is InChI=1S/C24H26N4O2S/c1-18-6-12-31-22(18)16-27-15-21(20-3-2-7-26-13-20)24(17-27)23(29)28(10-11-30-24)14-19-4-8-25-9-5-19/h2-9,12-13,21H,10-11,14-17H2,1H3/t21-,24+/m0/s1. The van der Waals surface area contributed by atoms with Gasteiger partial charge in [-0.15, -0.1) is 11.3 Å². The van der Waals surface area contributed by atoms with Crippen LogP contribution < -0.4 is 0 Å². The molecular weight excluding hydrogens is 408 g/mol. The zero-order chi connectivity index (χ0) is 21.3. The lowest BCUT2D eigenvalue weighted by Crippen LogP contribution is -2.59. The predicted octanol–water partition coefficient (Wildman–Crippen LogP) is 3.24. The zero-order valence-corrected chi connectivity index (χ0v) is 18.4. The SMILES string of the molecule is Cc1ccsc1CN1C[C@@H](c2cccnc2)[C@@]2(C1)OCCN(Cc1ccncc1)C2=O. The minimum Gasteiger partial charge on any atom is -0.361 e. The summed E-state index contributed by atoms with van der Waals surface area (Å²) in [6, 6.07) is 10.1. The van der Waals surface area contributed by atoms with Crippen molar-refractivity contribution in [1.82, 2.24) is 19.8 Å². The smallest absolute Gasteiger partial charge is 0.257 e. The Kier molecular flexibility index (Phi) is 5.56. The van der Waals surface area contributed by atoms with Crippen LogP contribution in [0.2, 0.25) is 0 Å². The minimum atomic E-state index is -0.876. The van der Waals surface area contributed by atoms with E-state index in [1.54, 1.807) is 29.9 Å². The maximum Gasteiger partial charge on any atom is 0.257 e. The van der Waals surface area contributed by atoms with Gasteiger partial charge in [0.1, 0.15) is 0 Å². The summed E-state index contributed by atoms with van der Waals surface area (Å²) in [6.07, 6.45) is 7.20. The third kappa shape index (κ3) is 3.89. The third-order valence-corrected chi connectivity index (χ3v) is 7.38. The molecule has 3 aromatic rings. The van der Waals surface area contributed by atoms with Crippen LogP contribution in [0.5, 0.6) is 0 Å². The largest absolute Gasteiger partial charge is 0.361 e. The molecule has 2 fully saturated rings. The highest BCUT2D eigenvalue weighted by atomic mass is 32.1. The van der Waals surface area contributed by atoms with E-state index in [-0.39, 0.29) is 11.8 Å². The molecule has 6 nitrogen and oxygen atoms in total. The summed E-state index contributed by atoms with van der Waals surface area (Å²) < 4.78 is 6.38. The van der Waals surface area contributed by atoms with E-state index >= 15 is 0 Å². The van der Waals surface area contributed by atoms with E-state index in [1.165, 1.54) is 10.4 Å². The summed E-state index contributed by atoms with van der Waals surface area (Å²) in [7, 11) is 0. The van der Waals surface area contributed by atoms with E-state index in [1.807, 2.05) is 29.3 Å². The summed E-state index contributed by atoms with van der Waals surface area (Å²) in [5.41, 5.74) is 2.58. The van der Waals surface area contributed by atoms with Crippen molar-refractivity contribution >= 4 is 17.2 Å². The molecule has 2 saturated heterocycles. The van der Waals surface area contributed by atoms with Gasteiger partial charge >= 0.3 is 0 Å². The van der Waals surface area contributed by atoms with Crippen LogP contribution in [0.1, 0.15) is 27.5 Å². The Morgan fingerprint density at radius 3 is 2.77 bits per heavy atom. The molecule has 2 aliphatic heterocycles. The summed E-state index contributed by atoms with van der Waals surface area (Å²) in [5, 5.41) is 2.13. The molecule has 31 heavy (non-hydrogen) atoms. The maximum atomic E-state index is 13.9. The Bertz CT molecular complexity index is 1040. The van der Waals surface area contributed by atoms with Gasteiger partial charge in [-0.2, -0.15) is 0 Å². The van der Waals surface area contributed by atoms with Crippen molar-refractivity contribution in [2.45, 2.75) is 31.5 Å². The quantitative estimate of drug-likeness (QED) is 0.617. The van der Waals surface area contributed by atoms with Gasteiger partial charge in [-0.3, -0.25) is 19.7 Å². The molecule has 0 aromatic carbocycles. The molecule has 7 heteroatoms. The van der Waals surface area contributed by atoms with Gasteiger partial charge < -0.3 is 9.64 Å². The number of hydrogen-bond acceptors (Lipinski definition) is 6. The highest BCUT2D eigenvalue weighted by molar-refractivity contribution is 7.10. The number of pyridine rings is 2. The molecule has 0 aliphatic carbocycles. The lowest BCUT2D eigenvalue weighted by Gasteiger charge is -2.42. The number of morpholine rings is 1. The first-order chi connectivity index (χ1) is 15.2. The normalized spacial score (nSPS) is 24.2. The molecule has 3 aromatic heterocycles. The lowest BCUT2D eigenvalue weighted by molar-refractivity contribution is -0.173. The molecule has 160 valence electrons. The van der Waals surface area contributed by atoms with Crippen molar-refractivity contribution in [3.63, 3.8) is 0 Å². The first-order valence-electron chi connectivity index (χ1n) is 10.6. The summed E-state index contributed by atoms with van der Waals surface area (Å²) in [6.45, 7) is 6.08. The monoisotopic (exact) mass is 434 g/mol. The van der Waals surface area contributed by atoms with E-state index in [0.717, 1.165) is 24.2 Å². The van der Waals surface area contributed by atoms with E-state index in [9.17, 15) is 4.79 Å². The van der Waals surface area contributed by atoms with Crippen molar-refractivity contribution in [2.75, 3.05) is 26.2 Å². The number of ether oxygens (including phenoxy) is 1. The average Bonchev–Trinajstić information content (AvgIpc) is 3.37. The minimum absolute atomic E-state index is 0.0470. The second kappa shape index (κ2) is 8.49. The average molecular weight is 435 g/mol. The van der Waals surface area contributed by atoms with Crippen LogP contribution in [0, 0.1) is 6.92 Å². The van der Waals surface area contributed by atoms with Crippen LogP contribution in [-0.4, -0.2) is 57.5 Å². The number of amides is 1. The fourth-order valence-electron chi connectivity index (χ4n) is 4.75. The molecule has 5 rings (SSSR count). The molecule has 2 atom stereocenters. The summed E-state index contributed by atoms with van der Waals surface area (Å²) in [5.74, 6) is 0.0315. The fourth-order valence-corrected chi connectivity index (χ4v) is 5.70. The first kappa shape index (κ1) is 20.3. The predicted molar refractivity (Wildman–Crippen MR) is 120 cm³/mol. The molecule has 0 unspecified atom stereocenters. The van der Waals surface area contributed by atoms with Crippen molar-refractivity contribution < 1.29 is 9.53 Å². The van der Waals surface area contributed by atoms with Gasteiger partial charge in [-0.25, -0.2) is 0 Å². The summed E-state index contributed by atoms with van der Waals surface area (Å²) in [4.78, 5) is 28.0. The highest BCUT2D eigenvalue weighted by Crippen LogP contribution is 2.42. The van der Waals surface area contributed by atoms with Gasteiger partial charge in [0.25, 0.3) is 5.91 Å². The van der Waals surface area contributed by atoms with Crippen molar-refractivity contribution in [2.24, 2.45) is 0 Å². The number of hydrogen-bond donors (Lipinski definition) is 0. The molecule has 1 spiro atoms. The first-order valence-corrected chi connectivity index (χ1v) is 11.5. The fraction of sp³-hybridized carbons (Fsp3) is 0.375. The Balaban J connectivity index is 1.45. The van der Waals surface area contributed by atoms with Gasteiger partial charge in [-0.1, -0.05) is 6.07 Å². The van der Waals surface area contributed by atoms with E-state index < -0.39 is 5.60 Å². The number of aryl methyl sites for hydroxylation is 1. The van der Waals surface area contributed by atoms with Crippen LogP contribution in [0.3, 0.4) is 0 Å². The second-order valence-electron chi connectivity index (χ2n) is 8.36. The maximum absolute atomic E-state index is 13.9. The van der Waals surface area contributed by atoms with Crippen molar-refractivity contribution in [3.05, 3.63) is 82.1 Å². The molecule has 2 aliphatic rings. The van der Waals surface area contributed by atoms with Gasteiger partial charge in [0, 0.05) is 68.3 Å². The van der Waals surface area contributed by atoms with Crippen LogP contribution >= 0.6 is 11.3 Å². The second-order valence-corrected chi connectivity index (χ2v) is 9.36. The van der Waals surface area contributed by atoms with Crippen LogP contribution in [0.25, 0.3) is 0 Å². The van der Waals surface area contributed by atoms with Crippen LogP contribution in [0.4, 0.5) is 0 Å². The Labute approximate surface area is 186 Å². The highest BCUT2D eigenvalue weighted by Gasteiger charge is 2.57. The molecule has 0 saturated carbocycles. The Morgan fingerprint density at radius 1 is 1.16 bits per heavy atom. The number of carbonyl (C=O) groups excluding carboxylic acids is 1. The Hall–Kier alpha value is -2.61. The van der Waals surface area contributed by atoms with E-state index in [2.05, 4.69) is 39.3 Å². The number of carbonyl (C=O) groups is 1. The molecule has 1 amide bonds. The summed E-state index contributed by atoms with van der Waals surface area (Å²) >= 11 is 1.78. The molecule has 0 bridgehead atoms. The Morgan fingerprint density at radius 2 is 2.03 bits per heavy atom. The number of nitrogens with zero attached hydrogens (tertiary/aromatic N) is 4. The number of likely N-dealkylation sites (tertiary alicyclic amines) is 1. The third-order valence-electron chi connectivity index (χ3n) is 6.38. The zero-order valence-electron chi connectivity index (χ0n) is 17.6. The van der Waals surface area contributed by atoms with Crippen molar-refractivity contribution in [3.8, 4) is 0 Å². The number of aromatic nitrogens is 2. The molecular formula is C24H26N4O2S. The lowest BCUT2D eigenvalue weighted by atomic mass is 9.83. The molecule has 5 heterocycles. The van der Waals surface area contributed by atoms with Gasteiger partial charge in [0.05, 0.1) is 6.61 Å². The van der Waals surface area contributed by atoms with Gasteiger partial charge in [0.15, 0.2) is 5.60 Å². The van der Waals surface area contributed by atoms with Crippen LogP contribution in [-0.2, 0) is 22.6 Å². The van der Waals surface area contributed by atoms with Gasteiger partial charge in [-0.05, 0) is 53.3 Å². The topological polar surface area (TPSA) is 58.6 Å². The van der Waals surface area contributed by atoms with E-state index in [4.69, 9.17) is 4.74 Å². The van der Waals surface area contributed by atoms with Crippen LogP contribution in [0.15, 0.2) is 60.5 Å². The number of rotatable bonds is 5. The number of thiophene rings is 1. The van der Waals surface area contributed by atoms with Crippen molar-refractivity contribution in [1.29, 1.82) is 0 Å². The van der Waals surface area contributed by atoms with Gasteiger partial charge in [0.2, 0.25) is 0 Å². The van der Waals surface area contributed by atoms with E-state index in [0.29, 0.717) is 26.2 Å².